The summed E-state index contributed by atoms with van der Waals surface area (Å²) in [5, 5.41) is 10.6. The number of aliphatic hydroxyl groups is 1. The van der Waals surface area contributed by atoms with Gasteiger partial charge in [-0.3, -0.25) is 0 Å². The van der Waals surface area contributed by atoms with Gasteiger partial charge >= 0.3 is 0 Å². The van der Waals surface area contributed by atoms with E-state index in [4.69, 9.17) is 0 Å². The van der Waals surface area contributed by atoms with Gasteiger partial charge in [-0.05, 0) is 69.8 Å². The van der Waals surface area contributed by atoms with Gasteiger partial charge in [0, 0.05) is 28.7 Å². The number of aryl methyl sites for hydroxylation is 1. The van der Waals surface area contributed by atoms with Gasteiger partial charge in [-0.25, -0.2) is 0 Å². The molecule has 0 bridgehead atoms. The van der Waals surface area contributed by atoms with Crippen LogP contribution in [-0.2, 0) is 6.42 Å². The predicted octanol–water partition coefficient (Wildman–Crippen LogP) is 5.15. The Balaban J connectivity index is 1.92. The number of hydrogen-bond acceptors (Lipinski definition) is 2. The number of rotatable bonds is 8. The Kier molecular flexibility index (Phi) is 6.20. The Morgan fingerprint density at radius 1 is 1.19 bits per heavy atom. The summed E-state index contributed by atoms with van der Waals surface area (Å²) in [7, 11) is 4.48. The molecule has 1 aromatic heterocycles. The van der Waals surface area contributed by atoms with E-state index in [1.165, 1.54) is 53.4 Å². The van der Waals surface area contributed by atoms with E-state index >= 15 is 0 Å². The third-order valence-corrected chi connectivity index (χ3v) is 6.25. The van der Waals surface area contributed by atoms with Gasteiger partial charge in [-0.15, -0.1) is 0 Å². The van der Waals surface area contributed by atoms with E-state index < -0.39 is 0 Å². The first-order valence-electron chi connectivity index (χ1n) is 10.2. The van der Waals surface area contributed by atoms with Gasteiger partial charge < -0.3 is 15.0 Å². The van der Waals surface area contributed by atoms with E-state index in [2.05, 4.69) is 61.2 Å². The SMILES string of the molecule is CCCCC1(N(C)C)CC=C(c2[nH]c3ccccc3c2CCCO)CC1. The maximum atomic E-state index is 9.32. The molecule has 1 atom stereocenters. The number of para-hydroxylation sites is 1. The van der Waals surface area contributed by atoms with Crippen molar-refractivity contribution < 1.29 is 5.11 Å². The number of allylic oxidation sites excluding steroid dienone is 1. The Morgan fingerprint density at radius 2 is 2.00 bits per heavy atom. The molecule has 0 fully saturated rings. The van der Waals surface area contributed by atoms with Crippen molar-refractivity contribution >= 4 is 16.5 Å². The molecule has 26 heavy (non-hydrogen) atoms. The zero-order valence-electron chi connectivity index (χ0n) is 16.6. The number of nitrogens with zero attached hydrogens (tertiary/aromatic N) is 1. The monoisotopic (exact) mass is 354 g/mol. The second-order valence-corrected chi connectivity index (χ2v) is 8.01. The molecule has 0 radical (unpaired) electrons. The number of unbranched alkanes of at least 4 members (excludes halogenated alkanes) is 1. The topological polar surface area (TPSA) is 39.3 Å². The molecule has 1 aliphatic rings. The van der Waals surface area contributed by atoms with E-state index in [9.17, 15) is 5.11 Å². The number of aromatic amines is 1. The Bertz CT molecular complexity index is 759. The van der Waals surface area contributed by atoms with Crippen LogP contribution in [-0.4, -0.2) is 41.2 Å². The highest BCUT2D eigenvalue weighted by Gasteiger charge is 2.34. The molecule has 142 valence electrons. The molecule has 1 aliphatic carbocycles. The van der Waals surface area contributed by atoms with Gasteiger partial charge in [0.25, 0.3) is 0 Å². The molecule has 3 rings (SSSR count). The first kappa shape index (κ1) is 19.2. The van der Waals surface area contributed by atoms with Crippen molar-refractivity contribution in [3.8, 4) is 0 Å². The third kappa shape index (κ3) is 3.74. The fourth-order valence-corrected chi connectivity index (χ4v) is 4.46. The minimum Gasteiger partial charge on any atom is -0.396 e. The van der Waals surface area contributed by atoms with Crippen LogP contribution in [0.15, 0.2) is 30.3 Å². The molecule has 3 nitrogen and oxygen atoms in total. The summed E-state index contributed by atoms with van der Waals surface area (Å²) in [4.78, 5) is 6.13. The van der Waals surface area contributed by atoms with Crippen LogP contribution in [0, 0.1) is 0 Å². The normalized spacial score (nSPS) is 20.7. The summed E-state index contributed by atoms with van der Waals surface area (Å²) in [6, 6.07) is 8.57. The summed E-state index contributed by atoms with van der Waals surface area (Å²) >= 11 is 0. The van der Waals surface area contributed by atoms with E-state index in [0.717, 1.165) is 25.7 Å². The van der Waals surface area contributed by atoms with E-state index in [-0.39, 0.29) is 6.61 Å². The summed E-state index contributed by atoms with van der Waals surface area (Å²) < 4.78 is 0. The van der Waals surface area contributed by atoms with Crippen LogP contribution in [0.4, 0.5) is 0 Å². The van der Waals surface area contributed by atoms with Gasteiger partial charge in [-0.1, -0.05) is 44.0 Å². The van der Waals surface area contributed by atoms with Crippen LogP contribution in [0.3, 0.4) is 0 Å². The highest BCUT2D eigenvalue weighted by atomic mass is 16.2. The molecule has 2 N–H and O–H groups in total. The molecule has 1 aromatic carbocycles. The van der Waals surface area contributed by atoms with E-state index in [0.29, 0.717) is 5.54 Å². The second-order valence-electron chi connectivity index (χ2n) is 8.01. The number of nitrogens with one attached hydrogen (secondary N) is 1. The van der Waals surface area contributed by atoms with Crippen molar-refractivity contribution in [2.75, 3.05) is 20.7 Å². The van der Waals surface area contributed by atoms with Crippen LogP contribution in [0.2, 0.25) is 0 Å². The minimum absolute atomic E-state index is 0.249. The van der Waals surface area contributed by atoms with Crippen molar-refractivity contribution in [3.63, 3.8) is 0 Å². The maximum absolute atomic E-state index is 9.32. The van der Waals surface area contributed by atoms with Gasteiger partial charge in [-0.2, -0.15) is 0 Å². The second kappa shape index (κ2) is 8.41. The van der Waals surface area contributed by atoms with E-state index in [1.807, 2.05) is 0 Å². The number of aromatic nitrogens is 1. The van der Waals surface area contributed by atoms with Crippen LogP contribution in [0.25, 0.3) is 16.5 Å². The number of hydrogen-bond donors (Lipinski definition) is 2. The zero-order valence-corrected chi connectivity index (χ0v) is 16.6. The van der Waals surface area contributed by atoms with Crippen molar-refractivity contribution in [2.24, 2.45) is 0 Å². The van der Waals surface area contributed by atoms with Gasteiger partial charge in [0.05, 0.1) is 0 Å². The fourth-order valence-electron chi connectivity index (χ4n) is 4.46. The van der Waals surface area contributed by atoms with Crippen LogP contribution in [0.5, 0.6) is 0 Å². The highest BCUT2D eigenvalue weighted by Crippen LogP contribution is 2.40. The van der Waals surface area contributed by atoms with E-state index in [1.54, 1.807) is 0 Å². The number of aliphatic hydroxyl groups excluding tert-OH is 1. The lowest BCUT2D eigenvalue weighted by molar-refractivity contribution is 0.124. The molecule has 1 unspecified atom stereocenters. The summed E-state index contributed by atoms with van der Waals surface area (Å²) in [5.74, 6) is 0. The number of H-pyrrole nitrogens is 1. The molecule has 0 amide bonds. The van der Waals surface area contributed by atoms with Crippen LogP contribution >= 0.6 is 0 Å². The summed E-state index contributed by atoms with van der Waals surface area (Å²) in [6.07, 6.45) is 11.6. The number of benzene rings is 1. The number of fused-ring (bicyclic) bond motifs is 1. The maximum Gasteiger partial charge on any atom is 0.0461 e. The smallest absolute Gasteiger partial charge is 0.0461 e. The first-order chi connectivity index (χ1) is 12.6. The van der Waals surface area contributed by atoms with Crippen LogP contribution < -0.4 is 0 Å². The average molecular weight is 355 g/mol. The fraction of sp³-hybridized carbons (Fsp3) is 0.565. The lowest BCUT2D eigenvalue weighted by Crippen LogP contribution is -2.45. The molecular formula is C23H34N2O. The Labute approximate surface area is 158 Å². The van der Waals surface area contributed by atoms with Gasteiger partial charge in [0.15, 0.2) is 0 Å². The molecule has 1 heterocycles. The van der Waals surface area contributed by atoms with Crippen molar-refractivity contribution in [2.45, 2.75) is 63.8 Å². The standard InChI is InChI=1S/C23H34N2O/c1-4-5-14-23(25(2)3)15-12-18(13-16-23)22-20(10-8-17-26)19-9-6-7-11-21(19)24-22/h6-7,9,11-12,24,26H,4-5,8,10,13-17H2,1-3H3. The minimum atomic E-state index is 0.249. The van der Waals surface area contributed by atoms with Gasteiger partial charge in [0.1, 0.15) is 0 Å². The molecule has 2 aromatic rings. The molecular weight excluding hydrogens is 320 g/mol. The lowest BCUT2D eigenvalue weighted by Gasteiger charge is -2.42. The first-order valence-corrected chi connectivity index (χ1v) is 10.2. The van der Waals surface area contributed by atoms with Crippen molar-refractivity contribution in [1.82, 2.24) is 9.88 Å². The molecule has 0 spiro atoms. The molecule has 3 heteroatoms. The highest BCUT2D eigenvalue weighted by molar-refractivity contribution is 5.89. The predicted molar refractivity (Wildman–Crippen MR) is 111 cm³/mol. The Hall–Kier alpha value is -1.58. The summed E-state index contributed by atoms with van der Waals surface area (Å²) in [6.45, 7) is 2.53. The van der Waals surface area contributed by atoms with Crippen LogP contribution in [0.1, 0.15) is 63.1 Å². The third-order valence-electron chi connectivity index (χ3n) is 6.25. The van der Waals surface area contributed by atoms with Crippen molar-refractivity contribution in [3.05, 3.63) is 41.6 Å². The zero-order chi connectivity index (χ0) is 18.6. The average Bonchev–Trinajstić information content (AvgIpc) is 3.03. The van der Waals surface area contributed by atoms with Gasteiger partial charge in [0.2, 0.25) is 0 Å². The summed E-state index contributed by atoms with van der Waals surface area (Å²) in [5.41, 5.74) is 5.68. The quantitative estimate of drug-likeness (QED) is 0.688. The van der Waals surface area contributed by atoms with Crippen molar-refractivity contribution in [1.29, 1.82) is 0 Å². The lowest BCUT2D eigenvalue weighted by atomic mass is 9.77. The Morgan fingerprint density at radius 3 is 2.65 bits per heavy atom. The molecule has 0 saturated carbocycles. The largest absolute Gasteiger partial charge is 0.396 e. The molecule has 0 aliphatic heterocycles. The molecule has 0 saturated heterocycles.